The van der Waals surface area contributed by atoms with E-state index >= 15 is 0 Å². The highest BCUT2D eigenvalue weighted by Crippen LogP contribution is 2.20. The van der Waals surface area contributed by atoms with Gasteiger partial charge in [-0.15, -0.1) is 0 Å². The van der Waals surface area contributed by atoms with Crippen LogP contribution < -0.4 is 5.32 Å². The van der Waals surface area contributed by atoms with E-state index in [2.05, 4.69) is 46.3 Å². The summed E-state index contributed by atoms with van der Waals surface area (Å²) in [5.41, 5.74) is 1.29. The van der Waals surface area contributed by atoms with E-state index in [-0.39, 0.29) is 24.5 Å². The summed E-state index contributed by atoms with van der Waals surface area (Å²) >= 11 is 0. The second kappa shape index (κ2) is 8.79. The molecule has 2 saturated heterocycles. The van der Waals surface area contributed by atoms with E-state index in [1.165, 1.54) is 18.4 Å². The molecule has 2 aliphatic rings. The minimum Gasteiger partial charge on any atom is -0.396 e. The van der Waals surface area contributed by atoms with E-state index in [1.54, 1.807) is 0 Å². The lowest BCUT2D eigenvalue weighted by Gasteiger charge is -2.38. The third-order valence-electron chi connectivity index (χ3n) is 5.71. The Morgan fingerprint density at radius 2 is 2.04 bits per heavy atom. The number of benzene rings is 1. The van der Waals surface area contributed by atoms with Crippen molar-refractivity contribution in [1.82, 2.24) is 15.1 Å². The zero-order valence-electron chi connectivity index (χ0n) is 15.2. The zero-order valence-corrected chi connectivity index (χ0v) is 15.2. The molecule has 5 heteroatoms. The lowest BCUT2D eigenvalue weighted by atomic mass is 9.92. The minimum atomic E-state index is 0.0351. The van der Waals surface area contributed by atoms with Gasteiger partial charge in [0.2, 0.25) is 5.91 Å². The molecule has 1 amide bonds. The van der Waals surface area contributed by atoms with E-state index < -0.39 is 0 Å². The quantitative estimate of drug-likeness (QED) is 0.820. The molecule has 2 fully saturated rings. The number of carbonyl (C=O) groups excluding carboxylic acids is 1. The average molecular weight is 345 g/mol. The van der Waals surface area contributed by atoms with Crippen LogP contribution in [0.4, 0.5) is 0 Å². The molecule has 3 atom stereocenters. The second-order valence-corrected chi connectivity index (χ2v) is 7.59. The third kappa shape index (κ3) is 5.03. The summed E-state index contributed by atoms with van der Waals surface area (Å²) < 4.78 is 0. The van der Waals surface area contributed by atoms with Crippen LogP contribution in [0.5, 0.6) is 0 Å². The van der Waals surface area contributed by atoms with Crippen LogP contribution in [0.1, 0.15) is 31.7 Å². The molecule has 3 rings (SSSR count). The van der Waals surface area contributed by atoms with Crippen molar-refractivity contribution in [2.75, 3.05) is 32.8 Å². The Hall–Kier alpha value is -1.43. The van der Waals surface area contributed by atoms with Gasteiger partial charge < -0.3 is 10.4 Å². The molecule has 2 heterocycles. The van der Waals surface area contributed by atoms with Crippen molar-refractivity contribution in [1.29, 1.82) is 0 Å². The van der Waals surface area contributed by atoms with Gasteiger partial charge in [0.15, 0.2) is 0 Å². The minimum absolute atomic E-state index is 0.0351. The summed E-state index contributed by atoms with van der Waals surface area (Å²) in [6, 6.07) is 11.0. The molecule has 1 aromatic rings. The average Bonchev–Trinajstić information content (AvgIpc) is 3.01. The second-order valence-electron chi connectivity index (χ2n) is 7.59. The van der Waals surface area contributed by atoms with Crippen molar-refractivity contribution >= 4 is 5.91 Å². The molecule has 2 aliphatic heterocycles. The van der Waals surface area contributed by atoms with Crippen LogP contribution in [0.2, 0.25) is 0 Å². The van der Waals surface area contributed by atoms with Crippen molar-refractivity contribution < 1.29 is 9.90 Å². The Morgan fingerprint density at radius 3 is 2.72 bits per heavy atom. The van der Waals surface area contributed by atoms with Crippen molar-refractivity contribution in [3.8, 4) is 0 Å². The Morgan fingerprint density at radius 1 is 1.24 bits per heavy atom. The van der Waals surface area contributed by atoms with Crippen molar-refractivity contribution in [3.05, 3.63) is 35.9 Å². The molecule has 0 bridgehead atoms. The van der Waals surface area contributed by atoms with E-state index in [0.717, 1.165) is 32.6 Å². The van der Waals surface area contributed by atoms with E-state index in [4.69, 9.17) is 0 Å². The van der Waals surface area contributed by atoms with Crippen LogP contribution >= 0.6 is 0 Å². The maximum atomic E-state index is 12.5. The Bertz CT molecular complexity index is 551. The summed E-state index contributed by atoms with van der Waals surface area (Å²) in [7, 11) is 0. The van der Waals surface area contributed by atoms with Crippen molar-refractivity contribution in [2.45, 2.75) is 44.8 Å². The van der Waals surface area contributed by atoms with Crippen LogP contribution in [0.3, 0.4) is 0 Å². The molecule has 5 nitrogen and oxygen atoms in total. The number of nitrogens with zero attached hydrogens (tertiary/aromatic N) is 2. The summed E-state index contributed by atoms with van der Waals surface area (Å²) in [5.74, 6) is 0.255. The normalized spacial score (nSPS) is 28.2. The summed E-state index contributed by atoms with van der Waals surface area (Å²) in [4.78, 5) is 17.1. The first-order valence-corrected chi connectivity index (χ1v) is 9.56. The van der Waals surface area contributed by atoms with Gasteiger partial charge in [0, 0.05) is 37.7 Å². The van der Waals surface area contributed by atoms with Crippen molar-refractivity contribution in [2.24, 2.45) is 5.92 Å². The molecule has 1 aromatic carbocycles. The predicted octanol–water partition coefficient (Wildman–Crippen LogP) is 1.47. The molecular weight excluding hydrogens is 314 g/mol. The fourth-order valence-electron chi connectivity index (χ4n) is 4.10. The number of carbonyl (C=O) groups is 1. The number of nitrogens with one attached hydrogen (secondary N) is 1. The molecule has 0 spiro atoms. The SMILES string of the molecule is C[C@@H]1CCCN1CC(=O)N[C@@H]1CN(Cc2ccccc2)CC[C@@H]1CO. The molecular formula is C20H31N3O2. The Labute approximate surface area is 151 Å². The van der Waals surface area contributed by atoms with Gasteiger partial charge in [-0.25, -0.2) is 0 Å². The lowest BCUT2D eigenvalue weighted by Crippen LogP contribution is -2.55. The first-order chi connectivity index (χ1) is 12.2. The molecule has 2 N–H and O–H groups in total. The molecule has 138 valence electrons. The largest absolute Gasteiger partial charge is 0.396 e. The van der Waals surface area contributed by atoms with Crippen LogP contribution in [0.25, 0.3) is 0 Å². The lowest BCUT2D eigenvalue weighted by molar-refractivity contribution is -0.124. The fourth-order valence-corrected chi connectivity index (χ4v) is 4.10. The van der Waals surface area contributed by atoms with Crippen molar-refractivity contribution in [3.63, 3.8) is 0 Å². The van der Waals surface area contributed by atoms with Gasteiger partial charge in [-0.3, -0.25) is 14.6 Å². The first-order valence-electron chi connectivity index (χ1n) is 9.56. The predicted molar refractivity (Wildman–Crippen MR) is 99.1 cm³/mol. The van der Waals surface area contributed by atoms with Crippen LogP contribution in [-0.4, -0.2) is 65.7 Å². The first kappa shape index (κ1) is 18.4. The number of aliphatic hydroxyl groups excluding tert-OH is 1. The maximum absolute atomic E-state index is 12.5. The molecule has 0 unspecified atom stereocenters. The number of aliphatic hydroxyl groups is 1. The Balaban J connectivity index is 1.54. The van der Waals surface area contributed by atoms with Gasteiger partial charge in [-0.05, 0) is 44.8 Å². The van der Waals surface area contributed by atoms with Crippen LogP contribution in [0.15, 0.2) is 30.3 Å². The molecule has 25 heavy (non-hydrogen) atoms. The van der Waals surface area contributed by atoms with Gasteiger partial charge in [0.25, 0.3) is 0 Å². The number of amides is 1. The van der Waals surface area contributed by atoms with Crippen LogP contribution in [-0.2, 0) is 11.3 Å². The molecule has 0 radical (unpaired) electrons. The van der Waals surface area contributed by atoms with E-state index in [0.29, 0.717) is 12.6 Å². The molecule has 0 aromatic heterocycles. The number of rotatable bonds is 6. The van der Waals surface area contributed by atoms with Gasteiger partial charge in [0.05, 0.1) is 6.54 Å². The van der Waals surface area contributed by atoms with E-state index in [1.807, 2.05) is 6.07 Å². The van der Waals surface area contributed by atoms with Gasteiger partial charge in [0.1, 0.15) is 0 Å². The monoisotopic (exact) mass is 345 g/mol. The van der Waals surface area contributed by atoms with E-state index in [9.17, 15) is 9.90 Å². The van der Waals surface area contributed by atoms with Gasteiger partial charge >= 0.3 is 0 Å². The number of hydrogen-bond acceptors (Lipinski definition) is 4. The Kier molecular flexibility index (Phi) is 6.45. The summed E-state index contributed by atoms with van der Waals surface area (Å²) in [5, 5.41) is 12.9. The highest BCUT2D eigenvalue weighted by atomic mass is 16.3. The topological polar surface area (TPSA) is 55.8 Å². The molecule has 0 saturated carbocycles. The van der Waals surface area contributed by atoms with Gasteiger partial charge in [-0.1, -0.05) is 30.3 Å². The smallest absolute Gasteiger partial charge is 0.234 e. The highest BCUT2D eigenvalue weighted by molar-refractivity contribution is 5.78. The maximum Gasteiger partial charge on any atom is 0.234 e. The van der Waals surface area contributed by atoms with Gasteiger partial charge in [-0.2, -0.15) is 0 Å². The summed E-state index contributed by atoms with van der Waals surface area (Å²) in [6.45, 7) is 6.51. The number of likely N-dealkylation sites (tertiary alicyclic amines) is 2. The standard InChI is InChI=1S/C20H31N3O2/c1-16-6-5-10-23(16)14-20(25)21-19-13-22(11-9-18(19)15-24)12-17-7-3-2-4-8-17/h2-4,7-8,16,18-19,24H,5-6,9-15H2,1H3,(H,21,25)/t16-,18-,19-/m1/s1. The number of hydrogen-bond donors (Lipinski definition) is 2. The summed E-state index contributed by atoms with van der Waals surface area (Å²) in [6.07, 6.45) is 3.29. The molecule has 0 aliphatic carbocycles. The fraction of sp³-hybridized carbons (Fsp3) is 0.650. The third-order valence-corrected chi connectivity index (χ3v) is 5.71. The number of piperidine rings is 1. The zero-order chi connectivity index (χ0) is 17.6. The van der Waals surface area contributed by atoms with Crippen LogP contribution in [0, 0.1) is 5.92 Å². The highest BCUT2D eigenvalue weighted by Gasteiger charge is 2.31.